The predicted octanol–water partition coefficient (Wildman–Crippen LogP) is 3.52. The van der Waals surface area contributed by atoms with Crippen molar-refractivity contribution in [3.05, 3.63) is 52.7 Å². The second kappa shape index (κ2) is 5.71. The summed E-state index contributed by atoms with van der Waals surface area (Å²) in [7, 11) is -1.71. The number of fused-ring (bicyclic) bond motifs is 1. The van der Waals surface area contributed by atoms with E-state index < -0.39 is 10.0 Å². The van der Waals surface area contributed by atoms with Crippen LogP contribution in [0.15, 0.2) is 40.6 Å². The van der Waals surface area contributed by atoms with Crippen molar-refractivity contribution >= 4 is 27.0 Å². The van der Waals surface area contributed by atoms with E-state index >= 15 is 0 Å². The standard InChI is InChI=1S/C18H19N3O2S2/c1-12-11-24-18(19-12)16-10-17(13(2)20(16)3)25(22,23)21-9-8-14-6-4-5-7-15(14)21/h4-7,10-11H,8-9H2,1-3H3. The number of hydrogen-bond donors (Lipinski definition) is 0. The predicted molar refractivity (Wildman–Crippen MR) is 101 cm³/mol. The summed E-state index contributed by atoms with van der Waals surface area (Å²) >= 11 is 1.53. The van der Waals surface area contributed by atoms with Crippen LogP contribution in [0.3, 0.4) is 0 Å². The van der Waals surface area contributed by atoms with Gasteiger partial charge in [-0.05, 0) is 38.0 Å². The Balaban J connectivity index is 1.82. The maximum absolute atomic E-state index is 13.3. The van der Waals surface area contributed by atoms with E-state index in [1.807, 2.05) is 55.1 Å². The fraction of sp³-hybridized carbons (Fsp3) is 0.278. The lowest BCUT2D eigenvalue weighted by molar-refractivity contribution is 0.591. The number of aromatic nitrogens is 2. The average Bonchev–Trinajstić information content (AvgIpc) is 3.27. The number of anilines is 1. The highest BCUT2D eigenvalue weighted by Crippen LogP contribution is 2.36. The third kappa shape index (κ3) is 2.49. The molecule has 0 aliphatic carbocycles. The van der Waals surface area contributed by atoms with Gasteiger partial charge in [0, 0.05) is 30.4 Å². The van der Waals surface area contributed by atoms with E-state index in [-0.39, 0.29) is 0 Å². The van der Waals surface area contributed by atoms with E-state index in [2.05, 4.69) is 4.98 Å². The van der Waals surface area contributed by atoms with Crippen molar-refractivity contribution in [3.8, 4) is 10.7 Å². The highest BCUT2D eigenvalue weighted by Gasteiger charge is 2.33. The van der Waals surface area contributed by atoms with Gasteiger partial charge in [-0.25, -0.2) is 13.4 Å². The number of aryl methyl sites for hydroxylation is 1. The molecule has 1 aliphatic rings. The fourth-order valence-electron chi connectivity index (χ4n) is 3.29. The van der Waals surface area contributed by atoms with Crippen LogP contribution in [0.1, 0.15) is 17.0 Å². The summed E-state index contributed by atoms with van der Waals surface area (Å²) in [5.74, 6) is 0. The summed E-state index contributed by atoms with van der Waals surface area (Å²) in [5.41, 5.74) is 4.37. The molecule has 0 fully saturated rings. The van der Waals surface area contributed by atoms with Gasteiger partial charge < -0.3 is 4.57 Å². The Labute approximate surface area is 151 Å². The summed E-state index contributed by atoms with van der Waals surface area (Å²) in [6, 6.07) is 9.46. The summed E-state index contributed by atoms with van der Waals surface area (Å²) in [5, 5.41) is 2.81. The van der Waals surface area contributed by atoms with Gasteiger partial charge in [0.15, 0.2) is 0 Å². The topological polar surface area (TPSA) is 55.2 Å². The molecule has 25 heavy (non-hydrogen) atoms. The minimum Gasteiger partial charge on any atom is -0.345 e. The minimum atomic E-state index is -3.60. The minimum absolute atomic E-state index is 0.356. The van der Waals surface area contributed by atoms with Gasteiger partial charge in [0.05, 0.1) is 11.4 Å². The SMILES string of the molecule is Cc1csc(-c2cc(S(=O)(=O)N3CCc4ccccc43)c(C)n2C)n1. The third-order valence-corrected chi connectivity index (χ3v) is 7.65. The molecule has 2 aromatic heterocycles. The van der Waals surface area contributed by atoms with Crippen molar-refractivity contribution in [2.75, 3.05) is 10.8 Å². The first-order valence-corrected chi connectivity index (χ1v) is 10.4. The van der Waals surface area contributed by atoms with Gasteiger partial charge in [-0.15, -0.1) is 11.3 Å². The van der Waals surface area contributed by atoms with Gasteiger partial charge in [-0.1, -0.05) is 18.2 Å². The van der Waals surface area contributed by atoms with Crippen LogP contribution in [0.25, 0.3) is 10.7 Å². The number of thiazole rings is 1. The molecule has 1 aromatic carbocycles. The van der Waals surface area contributed by atoms with E-state index in [0.29, 0.717) is 11.4 Å². The molecule has 0 spiro atoms. The van der Waals surface area contributed by atoms with E-state index in [1.54, 1.807) is 6.07 Å². The molecule has 1 aliphatic heterocycles. The Morgan fingerprint density at radius 3 is 2.68 bits per heavy atom. The second-order valence-electron chi connectivity index (χ2n) is 6.29. The molecule has 0 saturated heterocycles. The van der Waals surface area contributed by atoms with Crippen molar-refractivity contribution in [2.45, 2.75) is 25.2 Å². The molecule has 5 nitrogen and oxygen atoms in total. The van der Waals surface area contributed by atoms with Crippen LogP contribution in [0.2, 0.25) is 0 Å². The summed E-state index contributed by atoms with van der Waals surface area (Å²) < 4.78 is 30.1. The monoisotopic (exact) mass is 373 g/mol. The van der Waals surface area contributed by atoms with Crippen LogP contribution >= 0.6 is 11.3 Å². The molecular formula is C18H19N3O2S2. The second-order valence-corrected chi connectivity index (χ2v) is 8.98. The summed E-state index contributed by atoms with van der Waals surface area (Å²) in [6.07, 6.45) is 0.750. The molecule has 0 unspecified atom stereocenters. The Kier molecular flexibility index (Phi) is 3.73. The molecule has 7 heteroatoms. The number of sulfonamides is 1. The molecule has 0 atom stereocenters. The molecule has 4 rings (SSSR count). The van der Waals surface area contributed by atoms with Crippen molar-refractivity contribution in [1.29, 1.82) is 0 Å². The zero-order valence-electron chi connectivity index (χ0n) is 14.4. The number of benzene rings is 1. The molecular weight excluding hydrogens is 354 g/mol. The number of para-hydroxylation sites is 1. The normalized spacial score (nSPS) is 14.1. The smallest absolute Gasteiger partial charge is 0.266 e. The van der Waals surface area contributed by atoms with Gasteiger partial charge in [-0.2, -0.15) is 0 Å². The first-order chi connectivity index (χ1) is 11.9. The maximum Gasteiger partial charge on any atom is 0.266 e. The quantitative estimate of drug-likeness (QED) is 0.706. The maximum atomic E-state index is 13.3. The molecule has 130 valence electrons. The first-order valence-electron chi connectivity index (χ1n) is 8.09. The third-order valence-electron chi connectivity index (χ3n) is 4.74. The molecule has 0 bridgehead atoms. The largest absolute Gasteiger partial charge is 0.345 e. The van der Waals surface area contributed by atoms with Gasteiger partial charge in [-0.3, -0.25) is 4.31 Å². The van der Waals surface area contributed by atoms with Crippen LogP contribution in [0.5, 0.6) is 0 Å². The van der Waals surface area contributed by atoms with Crippen molar-refractivity contribution in [2.24, 2.45) is 7.05 Å². The van der Waals surface area contributed by atoms with Gasteiger partial charge in [0.1, 0.15) is 9.90 Å². The van der Waals surface area contributed by atoms with Gasteiger partial charge >= 0.3 is 0 Å². The molecule has 0 amide bonds. The Morgan fingerprint density at radius 1 is 1.20 bits per heavy atom. The van der Waals surface area contributed by atoms with Crippen LogP contribution in [0, 0.1) is 13.8 Å². The van der Waals surface area contributed by atoms with E-state index in [1.165, 1.54) is 15.6 Å². The van der Waals surface area contributed by atoms with E-state index in [4.69, 9.17) is 0 Å². The molecule has 0 radical (unpaired) electrons. The number of hydrogen-bond acceptors (Lipinski definition) is 4. The molecule has 3 aromatic rings. The zero-order chi connectivity index (χ0) is 17.8. The Hall–Kier alpha value is -2.12. The number of rotatable bonds is 3. The average molecular weight is 374 g/mol. The van der Waals surface area contributed by atoms with E-state index in [0.717, 1.165) is 39.8 Å². The van der Waals surface area contributed by atoms with Crippen LogP contribution in [0.4, 0.5) is 5.69 Å². The van der Waals surface area contributed by atoms with Crippen molar-refractivity contribution in [3.63, 3.8) is 0 Å². The zero-order valence-corrected chi connectivity index (χ0v) is 16.0. The van der Waals surface area contributed by atoms with E-state index in [9.17, 15) is 8.42 Å². The van der Waals surface area contributed by atoms with Gasteiger partial charge in [0.2, 0.25) is 0 Å². The Morgan fingerprint density at radius 2 is 1.96 bits per heavy atom. The van der Waals surface area contributed by atoms with Crippen LogP contribution < -0.4 is 4.31 Å². The van der Waals surface area contributed by atoms with Crippen molar-refractivity contribution < 1.29 is 8.42 Å². The first kappa shape index (κ1) is 16.4. The highest BCUT2D eigenvalue weighted by molar-refractivity contribution is 7.93. The van der Waals surface area contributed by atoms with Crippen LogP contribution in [-0.2, 0) is 23.5 Å². The molecule has 0 saturated carbocycles. The van der Waals surface area contributed by atoms with Crippen molar-refractivity contribution in [1.82, 2.24) is 9.55 Å². The molecule has 3 heterocycles. The van der Waals surface area contributed by atoms with Crippen LogP contribution in [-0.4, -0.2) is 24.5 Å². The fourth-order valence-corrected chi connectivity index (χ4v) is 5.91. The summed E-state index contributed by atoms with van der Waals surface area (Å²) in [4.78, 5) is 4.86. The number of nitrogens with zero attached hydrogens (tertiary/aromatic N) is 3. The molecule has 0 N–H and O–H groups in total. The lowest BCUT2D eigenvalue weighted by Crippen LogP contribution is -2.29. The van der Waals surface area contributed by atoms with Gasteiger partial charge in [0.25, 0.3) is 10.0 Å². The summed E-state index contributed by atoms with van der Waals surface area (Å²) in [6.45, 7) is 4.27. The lowest BCUT2D eigenvalue weighted by Gasteiger charge is -2.19. The lowest BCUT2D eigenvalue weighted by atomic mass is 10.2. The highest BCUT2D eigenvalue weighted by atomic mass is 32.2. The Bertz CT molecular complexity index is 1060.